The van der Waals surface area contributed by atoms with Crippen LogP contribution in [-0.4, -0.2) is 24.2 Å². The van der Waals surface area contributed by atoms with E-state index in [1.807, 2.05) is 0 Å². The third-order valence-electron chi connectivity index (χ3n) is 3.86. The van der Waals surface area contributed by atoms with Gasteiger partial charge in [-0.3, -0.25) is 9.59 Å². The minimum absolute atomic E-state index is 0.121. The van der Waals surface area contributed by atoms with E-state index in [-0.39, 0.29) is 6.42 Å². The lowest BCUT2D eigenvalue weighted by molar-refractivity contribution is -0.151. The molecule has 0 aliphatic heterocycles. The van der Waals surface area contributed by atoms with Gasteiger partial charge in [0.25, 0.3) is 0 Å². The van der Waals surface area contributed by atoms with Crippen LogP contribution in [0.25, 0.3) is 0 Å². The third kappa shape index (κ3) is 12.4. The van der Waals surface area contributed by atoms with Gasteiger partial charge in [-0.25, -0.2) is 0 Å². The molecule has 0 aliphatic carbocycles. The highest BCUT2D eigenvalue weighted by Crippen LogP contribution is 2.17. The van der Waals surface area contributed by atoms with Crippen molar-refractivity contribution in [2.75, 3.05) is 7.11 Å². The second-order valence-electron chi connectivity index (χ2n) is 5.79. The Morgan fingerprint density at radius 2 is 1.38 bits per heavy atom. The summed E-state index contributed by atoms with van der Waals surface area (Å²) in [6.45, 7) is 2.23. The number of unbranched alkanes of at least 4 members (excludes halogenated alkanes) is 9. The summed E-state index contributed by atoms with van der Waals surface area (Å²) >= 11 is 0. The molecular formula is C17H32O4. The zero-order chi connectivity index (χ0) is 15.9. The number of carbonyl (C=O) groups is 2. The Hall–Kier alpha value is -1.06. The molecule has 0 amide bonds. The van der Waals surface area contributed by atoms with E-state index in [1.165, 1.54) is 58.5 Å². The van der Waals surface area contributed by atoms with Crippen molar-refractivity contribution in [1.29, 1.82) is 0 Å². The average molecular weight is 300 g/mol. The van der Waals surface area contributed by atoms with E-state index in [0.29, 0.717) is 6.42 Å². The zero-order valence-electron chi connectivity index (χ0n) is 13.7. The summed E-state index contributed by atoms with van der Waals surface area (Å²) in [5.41, 5.74) is 0. The molecule has 124 valence electrons. The molecule has 0 saturated carbocycles. The molecule has 0 aromatic heterocycles. The van der Waals surface area contributed by atoms with Gasteiger partial charge in [-0.05, 0) is 6.42 Å². The topological polar surface area (TPSA) is 63.6 Å². The molecule has 0 aromatic carbocycles. The van der Waals surface area contributed by atoms with E-state index < -0.39 is 17.9 Å². The molecule has 0 bridgehead atoms. The molecule has 21 heavy (non-hydrogen) atoms. The quantitative estimate of drug-likeness (QED) is 0.377. The molecule has 0 heterocycles. The largest absolute Gasteiger partial charge is 0.481 e. The summed E-state index contributed by atoms with van der Waals surface area (Å²) in [7, 11) is 1.32. The Morgan fingerprint density at radius 3 is 1.81 bits per heavy atom. The first kappa shape index (κ1) is 19.9. The van der Waals surface area contributed by atoms with Crippen LogP contribution < -0.4 is 0 Å². The van der Waals surface area contributed by atoms with Gasteiger partial charge in [0.15, 0.2) is 0 Å². The third-order valence-corrected chi connectivity index (χ3v) is 3.86. The summed E-state index contributed by atoms with van der Waals surface area (Å²) in [6.07, 6.45) is 12.8. The monoisotopic (exact) mass is 300 g/mol. The maximum absolute atomic E-state index is 11.5. The summed E-state index contributed by atoms with van der Waals surface area (Å²) in [4.78, 5) is 22.2. The van der Waals surface area contributed by atoms with Crippen molar-refractivity contribution < 1.29 is 19.4 Å². The first-order chi connectivity index (χ1) is 10.1. The van der Waals surface area contributed by atoms with Crippen LogP contribution in [0, 0.1) is 5.92 Å². The first-order valence-electron chi connectivity index (χ1n) is 8.41. The Balaban J connectivity index is 3.53. The standard InChI is InChI=1S/C17H32O4/c1-3-4-5-6-7-8-9-10-11-12-13-15(14-16(18)19)17(20)21-2/h15H,3-14H2,1-2H3,(H,18,19). The fourth-order valence-electron chi connectivity index (χ4n) is 2.56. The molecule has 0 fully saturated rings. The Morgan fingerprint density at radius 1 is 0.905 bits per heavy atom. The second-order valence-corrected chi connectivity index (χ2v) is 5.79. The lowest BCUT2D eigenvalue weighted by Crippen LogP contribution is -2.19. The summed E-state index contributed by atoms with van der Waals surface area (Å²) in [6, 6.07) is 0. The molecule has 1 unspecified atom stereocenters. The molecule has 1 N–H and O–H groups in total. The van der Waals surface area contributed by atoms with Crippen LogP contribution in [0.5, 0.6) is 0 Å². The van der Waals surface area contributed by atoms with E-state index in [1.54, 1.807) is 0 Å². The van der Waals surface area contributed by atoms with Gasteiger partial charge >= 0.3 is 11.9 Å². The number of rotatable bonds is 14. The van der Waals surface area contributed by atoms with E-state index >= 15 is 0 Å². The number of hydrogen-bond acceptors (Lipinski definition) is 3. The Labute approximate surface area is 129 Å². The number of esters is 1. The molecule has 0 spiro atoms. The van der Waals surface area contributed by atoms with Crippen LogP contribution in [0.2, 0.25) is 0 Å². The normalized spacial score (nSPS) is 12.1. The van der Waals surface area contributed by atoms with E-state index in [4.69, 9.17) is 5.11 Å². The number of hydrogen-bond donors (Lipinski definition) is 1. The molecule has 0 radical (unpaired) electrons. The number of carbonyl (C=O) groups excluding carboxylic acids is 1. The van der Waals surface area contributed by atoms with Crippen LogP contribution in [-0.2, 0) is 14.3 Å². The van der Waals surface area contributed by atoms with Gasteiger partial charge in [-0.2, -0.15) is 0 Å². The van der Waals surface area contributed by atoms with E-state index in [9.17, 15) is 9.59 Å². The summed E-state index contributed by atoms with van der Waals surface area (Å²) < 4.78 is 4.65. The Bertz CT molecular complexity index is 276. The molecule has 4 nitrogen and oxygen atoms in total. The van der Waals surface area contributed by atoms with Gasteiger partial charge in [0, 0.05) is 0 Å². The van der Waals surface area contributed by atoms with Crippen LogP contribution in [0.4, 0.5) is 0 Å². The van der Waals surface area contributed by atoms with E-state index in [2.05, 4.69) is 11.7 Å². The Kier molecular flexibility index (Phi) is 13.2. The van der Waals surface area contributed by atoms with Crippen LogP contribution >= 0.6 is 0 Å². The lowest BCUT2D eigenvalue weighted by atomic mass is 9.97. The van der Waals surface area contributed by atoms with E-state index in [0.717, 1.165) is 12.8 Å². The van der Waals surface area contributed by atoms with Crippen molar-refractivity contribution in [1.82, 2.24) is 0 Å². The molecule has 0 aromatic rings. The van der Waals surface area contributed by atoms with Gasteiger partial charge < -0.3 is 9.84 Å². The average Bonchev–Trinajstić information content (AvgIpc) is 2.46. The summed E-state index contributed by atoms with van der Waals surface area (Å²) in [5.74, 6) is -1.81. The van der Waals surface area contributed by atoms with Crippen molar-refractivity contribution in [2.45, 2.75) is 84.0 Å². The fourth-order valence-corrected chi connectivity index (χ4v) is 2.56. The van der Waals surface area contributed by atoms with Gasteiger partial charge in [-0.1, -0.05) is 71.1 Å². The van der Waals surface area contributed by atoms with Gasteiger partial charge in [0.05, 0.1) is 19.4 Å². The molecule has 1 atom stereocenters. The maximum atomic E-state index is 11.5. The van der Waals surface area contributed by atoms with Crippen LogP contribution in [0.1, 0.15) is 84.0 Å². The highest BCUT2D eigenvalue weighted by Gasteiger charge is 2.21. The minimum atomic E-state index is -0.933. The van der Waals surface area contributed by atoms with Crippen molar-refractivity contribution in [2.24, 2.45) is 5.92 Å². The second kappa shape index (κ2) is 13.9. The SMILES string of the molecule is CCCCCCCCCCCCC(CC(=O)O)C(=O)OC. The van der Waals surface area contributed by atoms with Crippen molar-refractivity contribution in [3.63, 3.8) is 0 Å². The lowest BCUT2D eigenvalue weighted by Gasteiger charge is -2.12. The molecule has 4 heteroatoms. The summed E-state index contributed by atoms with van der Waals surface area (Å²) in [5, 5.41) is 8.78. The van der Waals surface area contributed by atoms with Crippen molar-refractivity contribution >= 4 is 11.9 Å². The van der Waals surface area contributed by atoms with Crippen LogP contribution in [0.3, 0.4) is 0 Å². The van der Waals surface area contributed by atoms with Gasteiger partial charge in [-0.15, -0.1) is 0 Å². The van der Waals surface area contributed by atoms with Crippen LogP contribution in [0.15, 0.2) is 0 Å². The predicted octanol–water partition coefficient (Wildman–Crippen LogP) is 4.56. The predicted molar refractivity (Wildman–Crippen MR) is 84.2 cm³/mol. The maximum Gasteiger partial charge on any atom is 0.309 e. The van der Waals surface area contributed by atoms with Gasteiger partial charge in [0.1, 0.15) is 0 Å². The molecular weight excluding hydrogens is 268 g/mol. The zero-order valence-corrected chi connectivity index (χ0v) is 13.7. The molecule has 0 rings (SSSR count). The number of carboxylic acid groups (broad SMARTS) is 1. The number of ether oxygens (including phenoxy) is 1. The van der Waals surface area contributed by atoms with Crippen molar-refractivity contribution in [3.05, 3.63) is 0 Å². The number of aliphatic carboxylic acids is 1. The highest BCUT2D eigenvalue weighted by molar-refractivity contribution is 5.78. The highest BCUT2D eigenvalue weighted by atomic mass is 16.5. The van der Waals surface area contributed by atoms with Crippen molar-refractivity contribution in [3.8, 4) is 0 Å². The smallest absolute Gasteiger partial charge is 0.309 e. The van der Waals surface area contributed by atoms with Gasteiger partial charge in [0.2, 0.25) is 0 Å². The molecule has 0 aliphatic rings. The first-order valence-corrected chi connectivity index (χ1v) is 8.41. The number of carboxylic acids is 1. The minimum Gasteiger partial charge on any atom is -0.481 e. The molecule has 0 saturated heterocycles. The fraction of sp³-hybridized carbons (Fsp3) is 0.882. The number of methoxy groups -OCH3 is 1.